The number of halogens is 3. The SMILES string of the molecule is Oc1ccc(-c2cccc(C(F)F)c2F)cc1. The maximum Gasteiger partial charge on any atom is 0.266 e. The van der Waals surface area contributed by atoms with Gasteiger partial charge >= 0.3 is 0 Å². The van der Waals surface area contributed by atoms with Crippen molar-refractivity contribution in [3.05, 3.63) is 53.8 Å². The van der Waals surface area contributed by atoms with Crippen LogP contribution < -0.4 is 0 Å². The number of hydrogen-bond acceptors (Lipinski definition) is 1. The smallest absolute Gasteiger partial charge is 0.266 e. The Bertz CT molecular complexity index is 521. The summed E-state index contributed by atoms with van der Waals surface area (Å²) in [7, 11) is 0. The largest absolute Gasteiger partial charge is 0.508 e. The number of alkyl halides is 2. The minimum absolute atomic E-state index is 0.0409. The predicted octanol–water partition coefficient (Wildman–Crippen LogP) is 4.14. The molecule has 0 bridgehead atoms. The molecule has 2 aromatic carbocycles. The van der Waals surface area contributed by atoms with E-state index in [1.807, 2.05) is 0 Å². The first-order chi connectivity index (χ1) is 8.09. The van der Waals surface area contributed by atoms with Gasteiger partial charge in [-0.1, -0.05) is 30.3 Å². The third-order valence-corrected chi connectivity index (χ3v) is 2.44. The molecule has 0 saturated heterocycles. The minimum atomic E-state index is -2.84. The van der Waals surface area contributed by atoms with Crippen molar-refractivity contribution in [1.29, 1.82) is 0 Å². The zero-order valence-corrected chi connectivity index (χ0v) is 8.70. The van der Waals surface area contributed by atoms with E-state index in [2.05, 4.69) is 0 Å². The van der Waals surface area contributed by atoms with Gasteiger partial charge in [0.15, 0.2) is 0 Å². The van der Waals surface area contributed by atoms with Crippen molar-refractivity contribution in [3.8, 4) is 16.9 Å². The van der Waals surface area contributed by atoms with Crippen molar-refractivity contribution in [2.24, 2.45) is 0 Å². The van der Waals surface area contributed by atoms with Crippen LogP contribution in [0.1, 0.15) is 12.0 Å². The molecule has 0 spiro atoms. The number of phenolic OH excluding ortho intramolecular Hbond substituents is 1. The van der Waals surface area contributed by atoms with Crippen molar-refractivity contribution >= 4 is 0 Å². The fraction of sp³-hybridized carbons (Fsp3) is 0.0769. The molecule has 0 amide bonds. The third-order valence-electron chi connectivity index (χ3n) is 2.44. The van der Waals surface area contributed by atoms with Crippen LogP contribution in [0.25, 0.3) is 11.1 Å². The molecule has 0 aliphatic heterocycles. The van der Waals surface area contributed by atoms with Crippen LogP contribution in [0.2, 0.25) is 0 Å². The van der Waals surface area contributed by atoms with Crippen LogP contribution in [-0.2, 0) is 0 Å². The van der Waals surface area contributed by atoms with Crippen molar-refractivity contribution in [3.63, 3.8) is 0 Å². The summed E-state index contributed by atoms with van der Waals surface area (Å²) in [5, 5.41) is 9.10. The molecule has 0 radical (unpaired) electrons. The van der Waals surface area contributed by atoms with Gasteiger partial charge in [0.25, 0.3) is 6.43 Å². The van der Waals surface area contributed by atoms with Crippen molar-refractivity contribution in [1.82, 2.24) is 0 Å². The Kier molecular flexibility index (Phi) is 3.04. The molecule has 4 heteroatoms. The van der Waals surface area contributed by atoms with Crippen molar-refractivity contribution in [2.75, 3.05) is 0 Å². The highest BCUT2D eigenvalue weighted by molar-refractivity contribution is 5.65. The quantitative estimate of drug-likeness (QED) is 0.833. The van der Waals surface area contributed by atoms with Crippen LogP contribution >= 0.6 is 0 Å². The zero-order chi connectivity index (χ0) is 12.4. The Balaban J connectivity index is 2.52. The first-order valence-electron chi connectivity index (χ1n) is 4.95. The molecule has 0 fully saturated rings. The number of hydrogen-bond donors (Lipinski definition) is 1. The summed E-state index contributed by atoms with van der Waals surface area (Å²) in [6, 6.07) is 9.57. The van der Waals surface area contributed by atoms with E-state index in [1.54, 1.807) is 0 Å². The van der Waals surface area contributed by atoms with E-state index >= 15 is 0 Å². The van der Waals surface area contributed by atoms with Gasteiger partial charge in [-0.2, -0.15) is 0 Å². The van der Waals surface area contributed by atoms with Gasteiger partial charge in [0.1, 0.15) is 11.6 Å². The summed E-state index contributed by atoms with van der Waals surface area (Å²) in [4.78, 5) is 0. The average Bonchev–Trinajstić information content (AvgIpc) is 2.30. The molecule has 0 aliphatic carbocycles. The zero-order valence-electron chi connectivity index (χ0n) is 8.70. The lowest BCUT2D eigenvalue weighted by Crippen LogP contribution is -1.93. The lowest BCUT2D eigenvalue weighted by molar-refractivity contribution is 0.146. The van der Waals surface area contributed by atoms with Gasteiger partial charge in [-0.3, -0.25) is 0 Å². The van der Waals surface area contributed by atoms with E-state index in [1.165, 1.54) is 36.4 Å². The van der Waals surface area contributed by atoms with Gasteiger partial charge in [0.2, 0.25) is 0 Å². The van der Waals surface area contributed by atoms with Gasteiger partial charge in [-0.25, -0.2) is 13.2 Å². The fourth-order valence-electron chi connectivity index (χ4n) is 1.58. The van der Waals surface area contributed by atoms with Gasteiger partial charge in [0.05, 0.1) is 5.56 Å². The lowest BCUT2D eigenvalue weighted by Gasteiger charge is -2.07. The topological polar surface area (TPSA) is 20.2 Å². The van der Waals surface area contributed by atoms with E-state index in [-0.39, 0.29) is 11.3 Å². The van der Waals surface area contributed by atoms with E-state index in [9.17, 15) is 13.2 Å². The summed E-state index contributed by atoms with van der Waals surface area (Å²) in [5.41, 5.74) is -0.0684. The fourth-order valence-corrected chi connectivity index (χ4v) is 1.58. The molecule has 17 heavy (non-hydrogen) atoms. The van der Waals surface area contributed by atoms with Crippen molar-refractivity contribution in [2.45, 2.75) is 6.43 Å². The Morgan fingerprint density at radius 3 is 2.18 bits per heavy atom. The van der Waals surface area contributed by atoms with Crippen LogP contribution in [0.15, 0.2) is 42.5 Å². The second kappa shape index (κ2) is 4.49. The highest BCUT2D eigenvalue weighted by atomic mass is 19.3. The molecule has 1 N–H and O–H groups in total. The number of phenols is 1. The second-order valence-corrected chi connectivity index (χ2v) is 3.56. The van der Waals surface area contributed by atoms with Gasteiger partial charge in [0, 0.05) is 5.56 Å². The highest BCUT2D eigenvalue weighted by Gasteiger charge is 2.16. The maximum absolute atomic E-state index is 13.8. The van der Waals surface area contributed by atoms with Crippen LogP contribution in [0.5, 0.6) is 5.75 Å². The van der Waals surface area contributed by atoms with Crippen LogP contribution in [-0.4, -0.2) is 5.11 Å². The molecule has 0 aliphatic rings. The molecule has 2 rings (SSSR count). The standard InChI is InChI=1S/C13H9F3O/c14-12-10(2-1-3-11(12)13(15)16)8-4-6-9(17)7-5-8/h1-7,13,17H. The molecule has 0 heterocycles. The average molecular weight is 238 g/mol. The first-order valence-corrected chi connectivity index (χ1v) is 4.95. The Hall–Kier alpha value is -1.97. The van der Waals surface area contributed by atoms with Gasteiger partial charge in [-0.05, 0) is 17.7 Å². The molecule has 0 unspecified atom stereocenters. The monoisotopic (exact) mass is 238 g/mol. The third kappa shape index (κ3) is 2.25. The summed E-state index contributed by atoms with van der Waals surface area (Å²) in [6.07, 6.45) is -2.84. The molecule has 1 nitrogen and oxygen atoms in total. The number of aromatic hydroxyl groups is 1. The summed E-state index contributed by atoms with van der Waals surface area (Å²) < 4.78 is 38.8. The molecule has 88 valence electrons. The normalized spacial score (nSPS) is 10.8. The molecule has 0 saturated carbocycles. The summed E-state index contributed by atoms with van der Waals surface area (Å²) in [6.45, 7) is 0. The van der Waals surface area contributed by atoms with E-state index in [4.69, 9.17) is 5.11 Å². The van der Waals surface area contributed by atoms with Gasteiger partial charge < -0.3 is 5.11 Å². The Morgan fingerprint density at radius 2 is 1.59 bits per heavy atom. The van der Waals surface area contributed by atoms with Gasteiger partial charge in [-0.15, -0.1) is 0 Å². The maximum atomic E-state index is 13.8. The summed E-state index contributed by atoms with van der Waals surface area (Å²) >= 11 is 0. The van der Waals surface area contributed by atoms with E-state index < -0.39 is 17.8 Å². The van der Waals surface area contributed by atoms with E-state index in [0.29, 0.717) is 5.56 Å². The number of rotatable bonds is 2. The van der Waals surface area contributed by atoms with Crippen LogP contribution in [0, 0.1) is 5.82 Å². The highest BCUT2D eigenvalue weighted by Crippen LogP contribution is 2.30. The van der Waals surface area contributed by atoms with Crippen LogP contribution in [0.4, 0.5) is 13.2 Å². The predicted molar refractivity (Wildman–Crippen MR) is 58.5 cm³/mol. The Morgan fingerprint density at radius 1 is 0.941 bits per heavy atom. The van der Waals surface area contributed by atoms with Crippen LogP contribution in [0.3, 0.4) is 0 Å². The molecular formula is C13H9F3O. The molecule has 0 aromatic heterocycles. The Labute approximate surface area is 96.1 Å². The number of benzene rings is 2. The molecular weight excluding hydrogens is 229 g/mol. The first kappa shape index (κ1) is 11.5. The second-order valence-electron chi connectivity index (χ2n) is 3.56. The molecule has 2 aromatic rings. The molecule has 0 atom stereocenters. The lowest BCUT2D eigenvalue weighted by atomic mass is 10.0. The summed E-state index contributed by atoms with van der Waals surface area (Å²) in [5.74, 6) is -0.882. The van der Waals surface area contributed by atoms with E-state index in [0.717, 1.165) is 6.07 Å². The minimum Gasteiger partial charge on any atom is -0.508 e. The van der Waals surface area contributed by atoms with Crippen molar-refractivity contribution < 1.29 is 18.3 Å².